The van der Waals surface area contributed by atoms with Gasteiger partial charge in [0.05, 0.1) is 33.7 Å². The molecule has 282 valence electrons. The second kappa shape index (κ2) is 12.6. The summed E-state index contributed by atoms with van der Waals surface area (Å²) < 4.78 is 19.1. The molecule has 1 atom stereocenters. The van der Waals surface area contributed by atoms with Crippen molar-refractivity contribution in [2.75, 3.05) is 0 Å². The van der Waals surface area contributed by atoms with E-state index >= 15 is 4.57 Å². The highest BCUT2D eigenvalue weighted by Crippen LogP contribution is 2.55. The number of nitrogens with zero attached hydrogens (tertiary/aromatic N) is 3. The molecule has 0 saturated carbocycles. The molecule has 12 rings (SSSR count). The number of nitriles is 1. The molecule has 10 aromatic rings. The van der Waals surface area contributed by atoms with Gasteiger partial charge in [0.1, 0.15) is 5.82 Å². The highest BCUT2D eigenvalue weighted by Gasteiger charge is 2.42. The molecule has 0 N–H and O–H groups in total. The molecular weight excluding hydrogens is 750 g/mol. The molecule has 4 nitrogen and oxygen atoms in total. The van der Waals surface area contributed by atoms with Crippen LogP contribution in [0.3, 0.4) is 0 Å². The summed E-state index contributed by atoms with van der Waals surface area (Å²) in [6.07, 6.45) is 0. The summed E-state index contributed by atoms with van der Waals surface area (Å²) in [4.78, 5) is 5.24. The number of fused-ring (bicyclic) bond motifs is 7. The van der Waals surface area contributed by atoms with Gasteiger partial charge in [0.2, 0.25) is 0 Å². The molecule has 0 amide bonds. The number of benzene rings is 9. The van der Waals surface area contributed by atoms with E-state index in [-0.39, 0.29) is 5.41 Å². The van der Waals surface area contributed by atoms with Gasteiger partial charge in [-0.3, -0.25) is 4.57 Å². The zero-order valence-electron chi connectivity index (χ0n) is 33.0. The average molecular weight is 786 g/mol. The van der Waals surface area contributed by atoms with E-state index < -0.39 is 7.14 Å². The predicted molar refractivity (Wildman–Crippen MR) is 248 cm³/mol. The summed E-state index contributed by atoms with van der Waals surface area (Å²) in [7, 11) is -3.51. The van der Waals surface area contributed by atoms with E-state index in [2.05, 4.69) is 140 Å². The minimum Gasteiger partial charge on any atom is -0.308 e. The van der Waals surface area contributed by atoms with E-state index in [1.165, 1.54) is 27.8 Å². The Bertz CT molecular complexity index is 3500. The summed E-state index contributed by atoms with van der Waals surface area (Å²) in [5.74, 6) is 0.825. The third-order valence-corrected chi connectivity index (χ3v) is 16.2. The molecule has 0 spiro atoms. The Morgan fingerprint density at radius 1 is 0.567 bits per heavy atom. The van der Waals surface area contributed by atoms with Crippen molar-refractivity contribution in [1.29, 1.82) is 5.26 Å². The molecule has 1 aliphatic heterocycles. The van der Waals surface area contributed by atoms with Crippen LogP contribution in [0.5, 0.6) is 0 Å². The molecule has 2 heterocycles. The van der Waals surface area contributed by atoms with Gasteiger partial charge in [-0.25, -0.2) is 4.98 Å². The van der Waals surface area contributed by atoms with E-state index in [1.54, 1.807) is 0 Å². The third kappa shape index (κ3) is 4.61. The lowest BCUT2D eigenvalue weighted by Gasteiger charge is -2.32. The Morgan fingerprint density at radius 2 is 1.17 bits per heavy atom. The zero-order valence-corrected chi connectivity index (χ0v) is 33.9. The van der Waals surface area contributed by atoms with Gasteiger partial charge in [0.25, 0.3) is 0 Å². The lowest BCUT2D eigenvalue weighted by molar-refractivity contribution is 0.592. The summed E-state index contributed by atoms with van der Waals surface area (Å²) in [5.41, 5.74) is 13.2. The van der Waals surface area contributed by atoms with Gasteiger partial charge in [0, 0.05) is 21.6 Å². The Morgan fingerprint density at radius 3 is 1.85 bits per heavy atom. The fraction of sp³-hybridized carbons (Fsp3) is 0.0545. The summed E-state index contributed by atoms with van der Waals surface area (Å²) in [6, 6.07) is 65.6. The SMILES string of the molecule is CC1(C)c2cc(C#N)ccc2-c2ccc(-c3c4ccccc4c(-c4cccc5c4P(=O)(c4ccccc4)c4cccc6nc(-c7ccccc7)n-5c46)c4ccccc34)cc21. The van der Waals surface area contributed by atoms with Crippen LogP contribution in [0.4, 0.5) is 0 Å². The summed E-state index contributed by atoms with van der Waals surface area (Å²) >= 11 is 0. The van der Waals surface area contributed by atoms with E-state index in [1.807, 2.05) is 66.7 Å². The topological polar surface area (TPSA) is 58.7 Å². The molecule has 2 aliphatic rings. The van der Waals surface area contributed by atoms with Crippen LogP contribution in [0.15, 0.2) is 182 Å². The normalized spacial score (nSPS) is 15.8. The maximum Gasteiger partial charge on any atom is 0.175 e. The quantitative estimate of drug-likeness (QED) is 0.132. The lowest BCUT2D eigenvalue weighted by Crippen LogP contribution is -2.34. The molecular formula is C55H36N3OP. The number of imidazole rings is 1. The van der Waals surface area contributed by atoms with Gasteiger partial charge >= 0.3 is 0 Å². The van der Waals surface area contributed by atoms with Crippen molar-refractivity contribution < 1.29 is 4.57 Å². The van der Waals surface area contributed by atoms with E-state index in [4.69, 9.17) is 4.98 Å². The van der Waals surface area contributed by atoms with Crippen LogP contribution in [-0.2, 0) is 9.98 Å². The van der Waals surface area contributed by atoms with Crippen molar-refractivity contribution in [3.63, 3.8) is 0 Å². The van der Waals surface area contributed by atoms with Crippen LogP contribution < -0.4 is 15.9 Å². The summed E-state index contributed by atoms with van der Waals surface area (Å²) in [6.45, 7) is 4.53. The standard InChI is InChI=1S/C55H36N3OP/c1-55(2)45-31-34(33-56)27-29-38(45)39-30-28-36(32-46(39)55)50-40-19-9-11-21-42(40)51(43-22-12-10-20-41(43)50)44-23-13-25-48-53(44)60(59,37-17-7-4-8-18-37)49-26-14-24-47-52(49)58(48)54(57-47)35-15-5-3-6-16-35/h3-32H,1-2H3. The van der Waals surface area contributed by atoms with Crippen LogP contribution in [0, 0.1) is 11.3 Å². The molecule has 0 saturated heterocycles. The van der Waals surface area contributed by atoms with Crippen molar-refractivity contribution in [1.82, 2.24) is 9.55 Å². The Labute approximate surface area is 348 Å². The van der Waals surface area contributed by atoms with Crippen LogP contribution in [-0.4, -0.2) is 9.55 Å². The first-order valence-corrected chi connectivity index (χ1v) is 22.1. The first kappa shape index (κ1) is 34.7. The number of para-hydroxylation sites is 1. The average Bonchev–Trinajstić information content (AvgIpc) is 3.80. The number of rotatable bonds is 4. The number of hydrogen-bond donors (Lipinski definition) is 0. The second-order valence-corrected chi connectivity index (χ2v) is 19.2. The summed E-state index contributed by atoms with van der Waals surface area (Å²) in [5, 5.41) is 16.6. The van der Waals surface area contributed by atoms with Crippen molar-refractivity contribution in [2.24, 2.45) is 0 Å². The zero-order chi connectivity index (χ0) is 40.3. The van der Waals surface area contributed by atoms with Gasteiger partial charge in [-0.1, -0.05) is 159 Å². The first-order valence-electron chi connectivity index (χ1n) is 20.4. The predicted octanol–water partition coefficient (Wildman–Crippen LogP) is 12.5. The third-order valence-electron chi connectivity index (χ3n) is 13.0. The van der Waals surface area contributed by atoms with Crippen molar-refractivity contribution in [3.8, 4) is 56.5 Å². The molecule has 5 heteroatoms. The van der Waals surface area contributed by atoms with Crippen LogP contribution in [0.2, 0.25) is 0 Å². The fourth-order valence-corrected chi connectivity index (χ4v) is 13.5. The van der Waals surface area contributed by atoms with Crippen molar-refractivity contribution >= 4 is 55.6 Å². The van der Waals surface area contributed by atoms with Gasteiger partial charge in [-0.05, 0) is 102 Å². The van der Waals surface area contributed by atoms with Crippen molar-refractivity contribution in [2.45, 2.75) is 19.3 Å². The molecule has 1 aromatic heterocycles. The minimum atomic E-state index is -3.51. The number of hydrogen-bond acceptors (Lipinski definition) is 3. The van der Waals surface area contributed by atoms with E-state index in [0.29, 0.717) is 5.56 Å². The fourth-order valence-electron chi connectivity index (χ4n) is 10.3. The molecule has 0 bridgehead atoms. The van der Waals surface area contributed by atoms with Crippen molar-refractivity contribution in [3.05, 3.63) is 199 Å². The Kier molecular flexibility index (Phi) is 7.29. The molecule has 0 fully saturated rings. The molecule has 1 aliphatic carbocycles. The first-order chi connectivity index (χ1) is 29.4. The molecule has 1 unspecified atom stereocenters. The van der Waals surface area contributed by atoms with Gasteiger partial charge in [-0.2, -0.15) is 5.26 Å². The number of aromatic nitrogens is 2. The highest BCUT2D eigenvalue weighted by molar-refractivity contribution is 7.86. The lowest BCUT2D eigenvalue weighted by atomic mass is 9.80. The van der Waals surface area contributed by atoms with E-state index in [0.717, 1.165) is 82.3 Å². The van der Waals surface area contributed by atoms with Gasteiger partial charge < -0.3 is 4.57 Å². The largest absolute Gasteiger partial charge is 0.308 e. The Balaban J connectivity index is 1.18. The molecule has 0 radical (unpaired) electrons. The van der Waals surface area contributed by atoms with Crippen LogP contribution in [0.1, 0.15) is 30.5 Å². The second-order valence-electron chi connectivity index (χ2n) is 16.5. The monoisotopic (exact) mass is 785 g/mol. The smallest absolute Gasteiger partial charge is 0.175 e. The maximum atomic E-state index is 16.8. The minimum absolute atomic E-state index is 0.283. The molecule has 9 aromatic carbocycles. The van der Waals surface area contributed by atoms with E-state index in [9.17, 15) is 5.26 Å². The van der Waals surface area contributed by atoms with Gasteiger partial charge in [0.15, 0.2) is 7.14 Å². The van der Waals surface area contributed by atoms with Crippen LogP contribution >= 0.6 is 7.14 Å². The maximum absolute atomic E-state index is 16.8. The highest BCUT2D eigenvalue weighted by atomic mass is 31.2. The Hall–Kier alpha value is -7.31. The van der Waals surface area contributed by atoms with Crippen LogP contribution in [0.25, 0.3) is 83.0 Å². The van der Waals surface area contributed by atoms with Gasteiger partial charge in [-0.15, -0.1) is 0 Å². The molecule has 60 heavy (non-hydrogen) atoms.